The van der Waals surface area contributed by atoms with E-state index in [-0.39, 0.29) is 0 Å². The van der Waals surface area contributed by atoms with E-state index in [9.17, 15) is 0 Å². The Balaban J connectivity index is 1.45. The third-order valence-corrected chi connectivity index (χ3v) is 5.13. The van der Waals surface area contributed by atoms with E-state index in [1.165, 1.54) is 36.5 Å². The summed E-state index contributed by atoms with van der Waals surface area (Å²) in [7, 11) is 2.09. The lowest BCUT2D eigenvalue weighted by molar-refractivity contribution is 0.165. The molecule has 1 saturated heterocycles. The fraction of sp³-hybridized carbons (Fsp3) is 0.400. The van der Waals surface area contributed by atoms with Crippen molar-refractivity contribution in [2.75, 3.05) is 13.1 Å². The van der Waals surface area contributed by atoms with Crippen molar-refractivity contribution < 1.29 is 0 Å². The summed E-state index contributed by atoms with van der Waals surface area (Å²) < 4.78 is 4.11. The normalized spacial score (nSPS) is 18.5. The molecule has 0 unspecified atom stereocenters. The van der Waals surface area contributed by atoms with Crippen LogP contribution in [0, 0.1) is 5.92 Å². The van der Waals surface area contributed by atoms with Crippen molar-refractivity contribution in [3.63, 3.8) is 0 Å². The zero-order valence-corrected chi connectivity index (χ0v) is 14.8. The lowest BCUT2D eigenvalue weighted by atomic mass is 9.94. The Morgan fingerprint density at radius 1 is 1.12 bits per heavy atom. The molecule has 1 atom stereocenters. The molecule has 1 aliphatic heterocycles. The Kier molecular flexibility index (Phi) is 4.65. The monoisotopic (exact) mass is 335 g/mol. The zero-order valence-electron chi connectivity index (χ0n) is 14.8. The average Bonchev–Trinajstić information content (AvgIpc) is 3.29. The number of hydrogen-bond acceptors (Lipinski definition) is 3. The summed E-state index contributed by atoms with van der Waals surface area (Å²) >= 11 is 0. The number of nitrogens with zero attached hydrogens (tertiary/aromatic N) is 5. The number of aromatic nitrogens is 4. The molecule has 0 bridgehead atoms. The van der Waals surface area contributed by atoms with Gasteiger partial charge in [-0.05, 0) is 43.0 Å². The zero-order chi connectivity index (χ0) is 17.1. The van der Waals surface area contributed by atoms with Gasteiger partial charge < -0.3 is 4.57 Å². The van der Waals surface area contributed by atoms with Gasteiger partial charge in [0.2, 0.25) is 0 Å². The van der Waals surface area contributed by atoms with Crippen molar-refractivity contribution in [3.8, 4) is 5.69 Å². The molecule has 0 radical (unpaired) electrons. The molecular weight excluding hydrogens is 310 g/mol. The van der Waals surface area contributed by atoms with Crippen LogP contribution in [0.4, 0.5) is 0 Å². The molecule has 4 rings (SSSR count). The molecule has 0 N–H and O–H groups in total. The number of rotatable bonds is 5. The predicted molar refractivity (Wildman–Crippen MR) is 98.5 cm³/mol. The first-order chi connectivity index (χ1) is 12.3. The molecule has 0 amide bonds. The highest BCUT2D eigenvalue weighted by molar-refractivity contribution is 5.40. The van der Waals surface area contributed by atoms with Crippen LogP contribution in [0.1, 0.15) is 24.2 Å². The van der Waals surface area contributed by atoms with E-state index in [1.54, 1.807) is 0 Å². The maximum absolute atomic E-state index is 4.50. The Hall–Kier alpha value is -2.40. The van der Waals surface area contributed by atoms with Crippen molar-refractivity contribution >= 4 is 0 Å². The van der Waals surface area contributed by atoms with Gasteiger partial charge in [0.25, 0.3) is 0 Å². The highest BCUT2D eigenvalue weighted by Crippen LogP contribution is 2.23. The molecule has 25 heavy (non-hydrogen) atoms. The largest absolute Gasteiger partial charge is 0.338 e. The van der Waals surface area contributed by atoms with Crippen LogP contribution in [-0.2, 0) is 20.0 Å². The highest BCUT2D eigenvalue weighted by atomic mass is 15.3. The maximum atomic E-state index is 4.50. The van der Waals surface area contributed by atoms with Gasteiger partial charge >= 0.3 is 0 Å². The second kappa shape index (κ2) is 7.23. The van der Waals surface area contributed by atoms with Crippen molar-refractivity contribution in [1.29, 1.82) is 0 Å². The van der Waals surface area contributed by atoms with Crippen LogP contribution in [0.5, 0.6) is 0 Å². The predicted octanol–water partition coefficient (Wildman–Crippen LogP) is 3.06. The van der Waals surface area contributed by atoms with Crippen LogP contribution in [0.2, 0.25) is 0 Å². The number of para-hydroxylation sites is 1. The highest BCUT2D eigenvalue weighted by Gasteiger charge is 2.22. The van der Waals surface area contributed by atoms with Gasteiger partial charge in [0.05, 0.1) is 5.69 Å². The van der Waals surface area contributed by atoms with Crippen molar-refractivity contribution in [2.24, 2.45) is 13.0 Å². The summed E-state index contributed by atoms with van der Waals surface area (Å²) in [6.07, 6.45) is 11.4. The van der Waals surface area contributed by atoms with Crippen molar-refractivity contribution in [3.05, 3.63) is 66.5 Å². The fourth-order valence-corrected chi connectivity index (χ4v) is 3.83. The minimum Gasteiger partial charge on any atom is -0.338 e. The third-order valence-electron chi connectivity index (χ3n) is 5.13. The lowest BCUT2D eigenvalue weighted by Crippen LogP contribution is -2.36. The Labute approximate surface area is 148 Å². The number of aryl methyl sites for hydroxylation is 1. The van der Waals surface area contributed by atoms with E-state index in [2.05, 4.69) is 50.9 Å². The van der Waals surface area contributed by atoms with Crippen molar-refractivity contribution in [1.82, 2.24) is 24.2 Å². The maximum Gasteiger partial charge on any atom is 0.108 e. The topological polar surface area (TPSA) is 38.9 Å². The first kappa shape index (κ1) is 16.1. The summed E-state index contributed by atoms with van der Waals surface area (Å²) in [5, 5.41) is 4.40. The number of imidazole rings is 1. The molecule has 1 aliphatic rings. The van der Waals surface area contributed by atoms with Gasteiger partial charge in [0, 0.05) is 51.3 Å². The molecule has 3 aromatic rings. The Morgan fingerprint density at radius 2 is 2.04 bits per heavy atom. The van der Waals surface area contributed by atoms with Gasteiger partial charge in [-0.15, -0.1) is 0 Å². The second-order valence-electron chi connectivity index (χ2n) is 6.98. The van der Waals surface area contributed by atoms with Gasteiger partial charge in [-0.3, -0.25) is 4.90 Å². The molecule has 0 saturated carbocycles. The first-order valence-corrected chi connectivity index (χ1v) is 9.06. The lowest BCUT2D eigenvalue weighted by Gasteiger charge is -2.33. The molecule has 5 nitrogen and oxygen atoms in total. The molecule has 2 aromatic heterocycles. The van der Waals surface area contributed by atoms with E-state index in [0.29, 0.717) is 5.92 Å². The summed E-state index contributed by atoms with van der Waals surface area (Å²) in [4.78, 5) is 7.08. The van der Waals surface area contributed by atoms with E-state index in [4.69, 9.17) is 0 Å². The van der Waals surface area contributed by atoms with Crippen LogP contribution in [0.25, 0.3) is 5.69 Å². The first-order valence-electron chi connectivity index (χ1n) is 9.06. The van der Waals surface area contributed by atoms with Crippen LogP contribution in [0.3, 0.4) is 0 Å². The smallest absolute Gasteiger partial charge is 0.108 e. The van der Waals surface area contributed by atoms with Crippen molar-refractivity contribution in [2.45, 2.75) is 25.8 Å². The number of piperidine rings is 1. The van der Waals surface area contributed by atoms with Gasteiger partial charge in [-0.2, -0.15) is 5.10 Å². The molecular formula is C20H25N5. The Morgan fingerprint density at radius 3 is 2.84 bits per heavy atom. The molecule has 1 aromatic carbocycles. The van der Waals surface area contributed by atoms with Crippen LogP contribution in [0.15, 0.2) is 55.1 Å². The minimum absolute atomic E-state index is 0.687. The number of likely N-dealkylation sites (tertiary alicyclic amines) is 1. The Bertz CT molecular complexity index is 805. The minimum atomic E-state index is 0.687. The van der Waals surface area contributed by atoms with E-state index in [1.807, 2.05) is 35.5 Å². The second-order valence-corrected chi connectivity index (χ2v) is 6.98. The molecule has 5 heteroatoms. The molecule has 0 spiro atoms. The average molecular weight is 335 g/mol. The van der Waals surface area contributed by atoms with Gasteiger partial charge in [-0.1, -0.05) is 18.2 Å². The summed E-state index contributed by atoms with van der Waals surface area (Å²) in [5.41, 5.74) is 2.52. The van der Waals surface area contributed by atoms with Gasteiger partial charge in [0.15, 0.2) is 0 Å². The van der Waals surface area contributed by atoms with Crippen LogP contribution < -0.4 is 0 Å². The standard InChI is InChI=1S/C20H25N5/c1-23-13-10-21-20(23)14-17-6-4-11-24(15-17)16-18-7-2-3-8-19(18)25-12-5-9-22-25/h2-3,5,7-10,12-13,17H,4,6,11,14-16H2,1H3/t17-/m1/s1. The summed E-state index contributed by atoms with van der Waals surface area (Å²) in [6, 6.07) is 10.6. The quantitative estimate of drug-likeness (QED) is 0.719. The van der Waals surface area contributed by atoms with Crippen LogP contribution >= 0.6 is 0 Å². The van der Waals surface area contributed by atoms with Crippen LogP contribution in [-0.4, -0.2) is 37.3 Å². The molecule has 130 valence electrons. The summed E-state index contributed by atoms with van der Waals surface area (Å²) in [6.45, 7) is 3.29. The van der Waals surface area contributed by atoms with E-state index < -0.39 is 0 Å². The summed E-state index contributed by atoms with van der Waals surface area (Å²) in [5.74, 6) is 1.88. The van der Waals surface area contributed by atoms with E-state index in [0.717, 1.165) is 19.5 Å². The van der Waals surface area contributed by atoms with E-state index >= 15 is 0 Å². The SMILES string of the molecule is Cn1ccnc1C[C@H]1CCCN(Cc2ccccc2-n2cccn2)C1. The number of benzene rings is 1. The van der Waals surface area contributed by atoms with Gasteiger partial charge in [-0.25, -0.2) is 9.67 Å². The van der Waals surface area contributed by atoms with Gasteiger partial charge in [0.1, 0.15) is 5.82 Å². The molecule has 0 aliphatic carbocycles. The molecule has 3 heterocycles. The molecule has 1 fully saturated rings. The third kappa shape index (κ3) is 3.66. The number of hydrogen-bond donors (Lipinski definition) is 0. The fourth-order valence-electron chi connectivity index (χ4n) is 3.83.